The van der Waals surface area contributed by atoms with Crippen molar-refractivity contribution in [1.82, 2.24) is 9.40 Å². The molecule has 0 spiro atoms. The highest BCUT2D eigenvalue weighted by atomic mass is 32.2. The van der Waals surface area contributed by atoms with Gasteiger partial charge in [0.25, 0.3) is 0 Å². The van der Waals surface area contributed by atoms with Crippen LogP contribution >= 0.6 is 0 Å². The number of fused-ring (bicyclic) bond motifs is 1. The number of rotatable bonds is 4. The Bertz CT molecular complexity index is 756. The Morgan fingerprint density at radius 2 is 2.05 bits per heavy atom. The first-order valence-electron chi connectivity index (χ1n) is 5.82. The summed E-state index contributed by atoms with van der Waals surface area (Å²) in [6, 6.07) is 9.23. The van der Waals surface area contributed by atoms with Crippen molar-refractivity contribution in [2.24, 2.45) is 4.40 Å². The molecule has 0 saturated carbocycles. The molecule has 0 saturated heterocycles. The van der Waals surface area contributed by atoms with Gasteiger partial charge in [0.05, 0.1) is 0 Å². The lowest BCUT2D eigenvalue weighted by Crippen LogP contribution is -2.45. The van der Waals surface area contributed by atoms with Crippen molar-refractivity contribution in [3.05, 3.63) is 36.5 Å². The van der Waals surface area contributed by atoms with Gasteiger partial charge in [0, 0.05) is 36.5 Å². The zero-order valence-electron chi connectivity index (χ0n) is 11.1. The van der Waals surface area contributed by atoms with Crippen molar-refractivity contribution < 1.29 is 18.2 Å². The minimum Gasteiger partial charge on any atom is -0.857 e. The molecular weight excluding hydrogens is 280 g/mol. The van der Waals surface area contributed by atoms with Crippen molar-refractivity contribution in [2.75, 3.05) is 14.1 Å². The highest BCUT2D eigenvalue weighted by Crippen LogP contribution is 2.06. The minimum absolute atomic E-state index is 0.224. The summed E-state index contributed by atoms with van der Waals surface area (Å²) in [5.74, 6) is -0.772. The number of hydrogen-bond donors (Lipinski definition) is 0. The molecule has 0 fully saturated rings. The third kappa shape index (κ3) is 3.28. The van der Waals surface area contributed by atoms with Crippen LogP contribution in [0.5, 0.6) is 0 Å². The predicted octanol–water partition coefficient (Wildman–Crippen LogP) is -0.912. The molecule has 0 aliphatic heterocycles. The zero-order valence-corrected chi connectivity index (χ0v) is 11.9. The zero-order chi connectivity index (χ0) is 14.8. The maximum atomic E-state index is 11.6. The average molecular weight is 294 g/mol. The first kappa shape index (κ1) is 14.4. The van der Waals surface area contributed by atoms with E-state index in [1.54, 1.807) is 12.3 Å². The van der Waals surface area contributed by atoms with Crippen LogP contribution in [-0.2, 0) is 16.8 Å². The summed E-state index contributed by atoms with van der Waals surface area (Å²) in [5.41, 5.74) is 0.721. The van der Waals surface area contributed by atoms with Gasteiger partial charge in [0.1, 0.15) is 5.52 Å². The molecule has 0 unspecified atom stereocenters. The minimum atomic E-state index is -3.89. The summed E-state index contributed by atoms with van der Waals surface area (Å²) in [7, 11) is -1.27. The topological polar surface area (TPSA) is 89.6 Å². The van der Waals surface area contributed by atoms with E-state index >= 15 is 0 Å². The lowest BCUT2D eigenvalue weighted by molar-refractivity contribution is -0.742. The van der Waals surface area contributed by atoms with Crippen molar-refractivity contribution in [2.45, 2.75) is 6.54 Å². The quantitative estimate of drug-likeness (QED) is 0.415. The van der Waals surface area contributed by atoms with E-state index in [0.717, 1.165) is 15.2 Å². The smallest absolute Gasteiger partial charge is 0.321 e. The Labute approximate surface area is 117 Å². The molecule has 20 heavy (non-hydrogen) atoms. The van der Waals surface area contributed by atoms with E-state index in [4.69, 9.17) is 0 Å². The third-order valence-corrected chi connectivity index (χ3v) is 3.93. The first-order valence-corrected chi connectivity index (χ1v) is 7.22. The molecule has 0 N–H and O–H groups in total. The molecule has 0 aliphatic carbocycles. The Hall–Kier alpha value is -2.06. The van der Waals surface area contributed by atoms with E-state index in [2.05, 4.69) is 9.50 Å². The fourth-order valence-electron chi connectivity index (χ4n) is 1.52. The van der Waals surface area contributed by atoms with Crippen LogP contribution in [0, 0.1) is 0 Å². The van der Waals surface area contributed by atoms with Crippen LogP contribution in [0.1, 0.15) is 0 Å². The molecule has 106 valence electrons. The second kappa shape index (κ2) is 5.51. The van der Waals surface area contributed by atoms with Gasteiger partial charge in [-0.15, -0.1) is 0 Å². The molecule has 0 amide bonds. The highest BCUT2D eigenvalue weighted by molar-refractivity contribution is 7.87. The number of hydrogen-bond acceptors (Lipinski definition) is 4. The summed E-state index contributed by atoms with van der Waals surface area (Å²) in [5, 5.41) is 16.8. The monoisotopic (exact) mass is 294 g/mol. The summed E-state index contributed by atoms with van der Waals surface area (Å²) in [6.45, 7) is -0.224. The lowest BCUT2D eigenvalue weighted by Gasteiger charge is -2.10. The van der Waals surface area contributed by atoms with Crippen LogP contribution < -0.4 is 9.79 Å². The van der Waals surface area contributed by atoms with Gasteiger partial charge in [0.2, 0.25) is 6.54 Å². The fourth-order valence-corrected chi connectivity index (χ4v) is 2.00. The van der Waals surface area contributed by atoms with Crippen molar-refractivity contribution in [3.8, 4) is 0 Å². The molecule has 1 aromatic carbocycles. The SMILES string of the molecule is CN(C)S(=O)(=O)N=C([O-])C[n+]1ccc2ccccc2n1. The molecule has 1 aromatic heterocycles. The summed E-state index contributed by atoms with van der Waals surface area (Å²) < 4.78 is 28.3. The molecule has 2 aromatic rings. The molecule has 1 heterocycles. The molecule has 0 bridgehead atoms. The maximum Gasteiger partial charge on any atom is 0.321 e. The maximum absolute atomic E-state index is 11.6. The van der Waals surface area contributed by atoms with Crippen molar-refractivity contribution in [1.29, 1.82) is 0 Å². The van der Waals surface area contributed by atoms with E-state index in [-0.39, 0.29) is 6.54 Å². The Morgan fingerprint density at radius 1 is 1.35 bits per heavy atom. The number of nitrogens with zero attached hydrogens (tertiary/aromatic N) is 4. The summed E-state index contributed by atoms with van der Waals surface area (Å²) in [4.78, 5) is 0. The van der Waals surface area contributed by atoms with E-state index < -0.39 is 16.1 Å². The van der Waals surface area contributed by atoms with Gasteiger partial charge in [-0.1, -0.05) is 22.9 Å². The van der Waals surface area contributed by atoms with Gasteiger partial charge in [-0.3, -0.25) is 0 Å². The molecule has 0 aliphatic rings. The van der Waals surface area contributed by atoms with Gasteiger partial charge in [-0.25, -0.2) is 0 Å². The van der Waals surface area contributed by atoms with Gasteiger partial charge in [-0.05, 0) is 6.07 Å². The summed E-state index contributed by atoms with van der Waals surface area (Å²) in [6.07, 6.45) is 1.61. The van der Waals surface area contributed by atoms with Gasteiger partial charge >= 0.3 is 10.2 Å². The van der Waals surface area contributed by atoms with Crippen LogP contribution in [-0.4, -0.2) is 37.8 Å². The van der Waals surface area contributed by atoms with Crippen LogP contribution in [0.4, 0.5) is 0 Å². The second-order valence-corrected chi connectivity index (χ2v) is 6.13. The predicted molar refractivity (Wildman–Crippen MR) is 72.0 cm³/mol. The van der Waals surface area contributed by atoms with Crippen LogP contribution in [0.2, 0.25) is 0 Å². The fraction of sp³-hybridized carbons (Fsp3) is 0.250. The Morgan fingerprint density at radius 3 is 2.75 bits per heavy atom. The van der Waals surface area contributed by atoms with Crippen molar-refractivity contribution >= 4 is 27.0 Å². The van der Waals surface area contributed by atoms with E-state index in [0.29, 0.717) is 0 Å². The van der Waals surface area contributed by atoms with Crippen molar-refractivity contribution in [3.63, 3.8) is 0 Å². The van der Waals surface area contributed by atoms with E-state index in [1.807, 2.05) is 24.3 Å². The van der Waals surface area contributed by atoms with Crippen LogP contribution in [0.3, 0.4) is 0 Å². The average Bonchev–Trinajstić information content (AvgIpc) is 2.37. The molecule has 8 heteroatoms. The summed E-state index contributed by atoms with van der Waals surface area (Å²) >= 11 is 0. The first-order chi connectivity index (χ1) is 9.38. The standard InChI is InChI=1S/C12H14N4O3S/c1-15(2)20(18,19)14-12(17)9-16-8-7-10-5-3-4-6-11(10)13-16/h3-8H,9H2,1-2H3. The number of aromatic nitrogens is 2. The van der Waals surface area contributed by atoms with Gasteiger partial charge < -0.3 is 5.11 Å². The highest BCUT2D eigenvalue weighted by Gasteiger charge is 2.12. The van der Waals surface area contributed by atoms with Gasteiger partial charge in [-0.2, -0.15) is 17.1 Å². The van der Waals surface area contributed by atoms with Crippen LogP contribution in [0.15, 0.2) is 40.9 Å². The van der Waals surface area contributed by atoms with Gasteiger partial charge in [0.15, 0.2) is 6.20 Å². The number of benzene rings is 1. The lowest BCUT2D eigenvalue weighted by atomic mass is 10.2. The largest absolute Gasteiger partial charge is 0.857 e. The molecule has 0 atom stereocenters. The molecule has 2 rings (SSSR count). The Balaban J connectivity index is 2.26. The molecule has 7 nitrogen and oxygen atoms in total. The normalized spacial score (nSPS) is 13.1. The van der Waals surface area contributed by atoms with E-state index in [9.17, 15) is 13.5 Å². The van der Waals surface area contributed by atoms with E-state index in [1.165, 1.54) is 18.8 Å². The molecule has 0 radical (unpaired) electrons. The third-order valence-electron chi connectivity index (χ3n) is 2.57. The van der Waals surface area contributed by atoms with Crippen LogP contribution in [0.25, 0.3) is 10.9 Å². The second-order valence-electron chi connectivity index (χ2n) is 4.32. The Kier molecular flexibility index (Phi) is 3.96. The molecular formula is C12H14N4O3S.